The Morgan fingerprint density at radius 1 is 0.890 bits per heavy atom. The summed E-state index contributed by atoms with van der Waals surface area (Å²) in [4.78, 5) is 93.8. The number of hydrogen-bond donors (Lipinski definition) is 7. The molecule has 1 saturated carbocycles. The van der Waals surface area contributed by atoms with Crippen LogP contribution in [0.1, 0.15) is 153 Å². The summed E-state index contributed by atoms with van der Waals surface area (Å²) in [6, 6.07) is 0. The van der Waals surface area contributed by atoms with E-state index in [9.17, 15) is 34.2 Å². The Hall–Kier alpha value is -6.08. The zero-order chi connectivity index (χ0) is 52.3. The molecule has 3 aromatic rings. The molecule has 392 valence electrons. The van der Waals surface area contributed by atoms with Gasteiger partial charge in [-0.15, -0.1) is 0 Å². The number of aliphatic carboxylic acids is 2. The van der Waals surface area contributed by atoms with E-state index in [1.165, 1.54) is 0 Å². The van der Waals surface area contributed by atoms with E-state index in [0.29, 0.717) is 41.4 Å². The van der Waals surface area contributed by atoms with E-state index in [-0.39, 0.29) is 79.3 Å². The molecule has 9 heterocycles. The van der Waals surface area contributed by atoms with Gasteiger partial charge in [0.05, 0.1) is 29.8 Å². The number of ether oxygens (including phenoxy) is 3. The highest BCUT2D eigenvalue weighted by molar-refractivity contribution is 6.14. The number of esters is 1. The molecule has 5 fully saturated rings. The first-order valence-electron chi connectivity index (χ1n) is 25.9. The lowest BCUT2D eigenvalue weighted by Gasteiger charge is -2.59. The molecule has 1 aliphatic carbocycles. The van der Waals surface area contributed by atoms with Gasteiger partial charge >= 0.3 is 17.9 Å². The van der Waals surface area contributed by atoms with Crippen molar-refractivity contribution >= 4 is 59.2 Å². The Morgan fingerprint density at radius 2 is 1.66 bits per heavy atom. The molecule has 0 aromatic carbocycles. The molecule has 4 saturated heterocycles. The average Bonchev–Trinajstić information content (AvgIpc) is 3.97. The van der Waals surface area contributed by atoms with Crippen molar-refractivity contribution in [3.05, 3.63) is 79.1 Å². The SMILES string of the molecule is C=Cc1c(C)c2[nH]c1=Cc1[nH]c(c(CC)c1C)Cc1[nH]c(c(C(=O)NCCNC(=O)CCC(=O)O[C@@H]3O[C@@H]4O[C@@]5(C)CC[C@H]6[C@H](C)CC[C@@H]([C@H]3C)[C@@]46OO5)c1C)C(CC(=O)O)=C1N=C(C=2)[C@@H](C)[C@@H]1CCC(=O)O. The molecule has 3 aromatic heterocycles. The number of nitrogens with zero attached hydrogens (tertiary/aromatic N) is 1. The highest BCUT2D eigenvalue weighted by Gasteiger charge is 2.70. The van der Waals surface area contributed by atoms with Crippen molar-refractivity contribution in [2.75, 3.05) is 13.1 Å². The van der Waals surface area contributed by atoms with Gasteiger partial charge in [-0.05, 0) is 106 Å². The number of nitrogens with one attached hydrogen (secondary N) is 5. The van der Waals surface area contributed by atoms with Crippen LogP contribution in [0, 0.1) is 56.3 Å². The van der Waals surface area contributed by atoms with Gasteiger partial charge < -0.3 is 50.0 Å². The molecule has 10 rings (SSSR count). The fraction of sp³-hybridized carbons (Fsp3) is 0.564. The smallest absolute Gasteiger partial charge is 0.308 e. The molecule has 18 heteroatoms. The van der Waals surface area contributed by atoms with Crippen LogP contribution in [0.3, 0.4) is 0 Å². The number of hydrogen-bond acceptors (Lipinski definition) is 11. The van der Waals surface area contributed by atoms with Crippen LogP contribution in [-0.4, -0.2) is 97.7 Å². The Labute approximate surface area is 424 Å². The Kier molecular flexibility index (Phi) is 14.4. The van der Waals surface area contributed by atoms with Gasteiger partial charge in [0.25, 0.3) is 5.91 Å². The molecule has 2 amide bonds. The van der Waals surface area contributed by atoms with E-state index < -0.39 is 66.0 Å². The van der Waals surface area contributed by atoms with Crippen LogP contribution < -0.4 is 21.3 Å². The monoisotopic (exact) mass is 1010 g/mol. The Morgan fingerprint density at radius 3 is 2.38 bits per heavy atom. The highest BCUT2D eigenvalue weighted by Crippen LogP contribution is 2.60. The predicted octanol–water partition coefficient (Wildman–Crippen LogP) is 6.15. The number of carbonyl (C=O) groups is 5. The predicted molar refractivity (Wildman–Crippen MR) is 270 cm³/mol. The van der Waals surface area contributed by atoms with Gasteiger partial charge in [-0.25, -0.2) is 9.78 Å². The maximum Gasteiger partial charge on any atom is 0.308 e. The summed E-state index contributed by atoms with van der Waals surface area (Å²) in [6.07, 6.45) is 7.72. The third-order valence-electron chi connectivity index (χ3n) is 16.9. The number of fused-ring (bicyclic) bond motifs is 9. The number of carbonyl (C=O) groups excluding carboxylic acids is 3. The molecule has 73 heavy (non-hydrogen) atoms. The van der Waals surface area contributed by atoms with Crippen LogP contribution in [0.15, 0.2) is 17.3 Å². The van der Waals surface area contributed by atoms with E-state index in [4.69, 9.17) is 29.0 Å². The third-order valence-corrected chi connectivity index (χ3v) is 16.9. The fourth-order valence-corrected chi connectivity index (χ4v) is 12.8. The first kappa shape index (κ1) is 51.8. The normalized spacial score (nSPS) is 29.0. The lowest BCUT2D eigenvalue weighted by Crippen LogP contribution is -2.70. The number of allylic oxidation sites excluding steroid dienone is 1. The summed E-state index contributed by atoms with van der Waals surface area (Å²) < 4.78 is 18.7. The molecule has 18 nitrogen and oxygen atoms in total. The van der Waals surface area contributed by atoms with Crippen LogP contribution in [-0.2, 0) is 56.0 Å². The molecule has 10 atom stereocenters. The molecule has 10 bridgehead atoms. The molecule has 0 radical (unpaired) electrons. The zero-order valence-corrected chi connectivity index (χ0v) is 43.2. The number of aromatic nitrogens is 3. The van der Waals surface area contributed by atoms with Crippen molar-refractivity contribution in [3.63, 3.8) is 0 Å². The second-order valence-corrected chi connectivity index (χ2v) is 21.3. The van der Waals surface area contributed by atoms with Crippen LogP contribution in [0.25, 0.3) is 23.8 Å². The molecular formula is C55H70N6O12. The van der Waals surface area contributed by atoms with Gasteiger partial charge in [0.2, 0.25) is 18.0 Å². The third kappa shape index (κ3) is 9.55. The minimum atomic E-state index is -1.15. The van der Waals surface area contributed by atoms with Crippen LogP contribution in [0.2, 0.25) is 0 Å². The topological polar surface area (TPSA) is 256 Å². The number of carboxylic acid groups (broad SMARTS) is 2. The first-order chi connectivity index (χ1) is 34.8. The van der Waals surface area contributed by atoms with E-state index in [1.54, 1.807) is 0 Å². The summed E-state index contributed by atoms with van der Waals surface area (Å²) in [6.45, 7) is 20.1. The van der Waals surface area contributed by atoms with Crippen molar-refractivity contribution in [1.82, 2.24) is 25.6 Å². The Balaban J connectivity index is 0.938. The second-order valence-electron chi connectivity index (χ2n) is 21.3. The number of carboxylic acids is 2. The quantitative estimate of drug-likeness (QED) is 0.0514. The van der Waals surface area contributed by atoms with Gasteiger partial charge in [0.15, 0.2) is 11.9 Å². The van der Waals surface area contributed by atoms with Gasteiger partial charge in [0.1, 0.15) is 0 Å². The maximum atomic E-state index is 14.6. The summed E-state index contributed by atoms with van der Waals surface area (Å²) in [5.74, 6) is -5.14. The van der Waals surface area contributed by atoms with Crippen molar-refractivity contribution in [2.24, 2.45) is 40.5 Å². The summed E-state index contributed by atoms with van der Waals surface area (Å²) in [5, 5.41) is 27.7. The number of rotatable bonds is 15. The zero-order valence-electron chi connectivity index (χ0n) is 43.2. The van der Waals surface area contributed by atoms with E-state index in [0.717, 1.165) is 70.0 Å². The summed E-state index contributed by atoms with van der Waals surface area (Å²) >= 11 is 0. The Bertz CT molecular complexity index is 2940. The lowest BCUT2D eigenvalue weighted by atomic mass is 9.58. The van der Waals surface area contributed by atoms with Crippen LogP contribution >= 0.6 is 0 Å². The van der Waals surface area contributed by atoms with E-state index >= 15 is 0 Å². The minimum Gasteiger partial charge on any atom is -0.481 e. The van der Waals surface area contributed by atoms with Crippen molar-refractivity contribution < 1.29 is 58.2 Å². The standard InChI is InChI=1S/C55H70N6O12/c1-10-32-27(4)38-23-40-29(6)34(13-16-45(63)64)49(60-40)35(22-46(65)66)50-48(31(8)41(61-50)25-43-33(11-2)28(5)39(59-43)24-42(32)58-38)51(68)57-21-20-56-44(62)15-17-47(67)69-52-30(7)37-14-12-26(3)36-18-19-54(9)71-53(70-52)55(36,37)73-72-54/h10,23-24,26,29-30,34,36-37,52-53,58-59,61H,1,11-22,25H2,2-9H3,(H,56,62)(H,57,68)(H,63,64)(H,65,66)/t26-,29+,30-,34+,36+,37+,52-,53-,54-,55-/m1/s1. The van der Waals surface area contributed by atoms with Gasteiger partial charge in [-0.3, -0.25) is 29.0 Å². The fourth-order valence-electron chi connectivity index (χ4n) is 12.8. The molecule has 6 aliphatic heterocycles. The lowest BCUT2D eigenvalue weighted by molar-refractivity contribution is -0.576. The molecule has 1 spiro atoms. The number of aromatic amines is 3. The minimum absolute atomic E-state index is 0.00998. The highest BCUT2D eigenvalue weighted by atomic mass is 17.3. The molecule has 7 N–H and O–H groups in total. The first-order valence-corrected chi connectivity index (χ1v) is 25.9. The van der Waals surface area contributed by atoms with Crippen molar-refractivity contribution in [2.45, 2.75) is 150 Å². The maximum absolute atomic E-state index is 14.6. The van der Waals surface area contributed by atoms with Crippen LogP contribution in [0.5, 0.6) is 0 Å². The molecule has 7 aliphatic rings. The van der Waals surface area contributed by atoms with E-state index in [1.807, 2.05) is 46.8 Å². The van der Waals surface area contributed by atoms with Gasteiger partial charge in [-0.1, -0.05) is 40.3 Å². The number of aliphatic imine (C=N–C) groups is 1. The van der Waals surface area contributed by atoms with Crippen molar-refractivity contribution in [3.8, 4) is 0 Å². The summed E-state index contributed by atoms with van der Waals surface area (Å²) in [5.41, 5.74) is 8.20. The van der Waals surface area contributed by atoms with Gasteiger partial charge in [0, 0.05) is 107 Å². The second kappa shape index (κ2) is 20.3. The number of amides is 2. The van der Waals surface area contributed by atoms with Gasteiger partial charge in [-0.2, -0.15) is 0 Å². The molecular weight excluding hydrogens is 937 g/mol. The van der Waals surface area contributed by atoms with Crippen molar-refractivity contribution in [1.29, 1.82) is 0 Å². The number of H-pyrrole nitrogens is 3. The van der Waals surface area contributed by atoms with Crippen LogP contribution in [0.4, 0.5) is 0 Å². The average molecular weight is 1010 g/mol. The van der Waals surface area contributed by atoms with E-state index in [2.05, 4.69) is 59.0 Å². The summed E-state index contributed by atoms with van der Waals surface area (Å²) in [7, 11) is 0. The largest absolute Gasteiger partial charge is 0.481 e. The molecule has 0 unspecified atom stereocenters.